The van der Waals surface area contributed by atoms with E-state index in [0.717, 1.165) is 22.9 Å². The first-order chi connectivity index (χ1) is 12.8. The molecule has 0 saturated heterocycles. The Morgan fingerprint density at radius 2 is 1.81 bits per heavy atom. The van der Waals surface area contributed by atoms with Gasteiger partial charge in [-0.25, -0.2) is 13.5 Å². The molecule has 0 aliphatic rings. The van der Waals surface area contributed by atoms with Crippen molar-refractivity contribution in [2.75, 3.05) is 0 Å². The van der Waals surface area contributed by atoms with Gasteiger partial charge < -0.3 is 0 Å². The number of hydrogen-bond acceptors (Lipinski definition) is 3. The maximum atomic E-state index is 13.3. The predicted octanol–water partition coefficient (Wildman–Crippen LogP) is 4.21. The first kappa shape index (κ1) is 18.9. The molecule has 0 aliphatic carbocycles. The molecule has 0 fully saturated rings. The van der Waals surface area contributed by atoms with Crippen molar-refractivity contribution in [1.82, 2.24) is 9.78 Å². The topological polar surface area (TPSA) is 52.0 Å². The Kier molecular flexibility index (Phi) is 5.46. The molecule has 138 valence electrons. The molecular weight excluding hydrogens is 374 g/mol. The van der Waals surface area contributed by atoms with Gasteiger partial charge in [0.1, 0.15) is 17.7 Å². The summed E-state index contributed by atoms with van der Waals surface area (Å²) in [5.41, 5.74) is 0.923. The lowest BCUT2D eigenvalue weighted by atomic mass is 10.0. The van der Waals surface area contributed by atoms with Crippen molar-refractivity contribution in [1.29, 1.82) is 0 Å². The van der Waals surface area contributed by atoms with Crippen LogP contribution in [0, 0.1) is 11.6 Å². The van der Waals surface area contributed by atoms with Gasteiger partial charge in [-0.05, 0) is 42.8 Å². The molecule has 27 heavy (non-hydrogen) atoms. The Morgan fingerprint density at radius 1 is 1.11 bits per heavy atom. The number of carbonyl (C=O) groups is 1. The van der Waals surface area contributed by atoms with Gasteiger partial charge >= 0.3 is 0 Å². The number of Topliss-reactive ketones (excluding diaryl/α,β-unsaturated/α-hetero) is 1. The third kappa shape index (κ3) is 4.46. The van der Waals surface area contributed by atoms with Crippen molar-refractivity contribution < 1.29 is 13.6 Å². The van der Waals surface area contributed by atoms with Crippen molar-refractivity contribution in [2.24, 2.45) is 0 Å². The van der Waals surface area contributed by atoms with Crippen LogP contribution in [0.1, 0.15) is 18.5 Å². The summed E-state index contributed by atoms with van der Waals surface area (Å²) >= 11 is 5.98. The maximum absolute atomic E-state index is 13.3. The van der Waals surface area contributed by atoms with Crippen molar-refractivity contribution in [2.45, 2.75) is 19.4 Å². The van der Waals surface area contributed by atoms with E-state index in [1.807, 2.05) is 0 Å². The quantitative estimate of drug-likeness (QED) is 0.657. The smallest absolute Gasteiger partial charge is 0.267 e. The van der Waals surface area contributed by atoms with E-state index in [1.165, 1.54) is 13.0 Å². The minimum Gasteiger partial charge on any atom is -0.297 e. The molecule has 0 spiro atoms. The van der Waals surface area contributed by atoms with Crippen molar-refractivity contribution in [3.05, 3.63) is 87.2 Å². The zero-order valence-electron chi connectivity index (χ0n) is 14.3. The molecule has 0 N–H and O–H groups in total. The second kappa shape index (κ2) is 7.80. The van der Waals surface area contributed by atoms with Crippen LogP contribution in [0.15, 0.2) is 59.4 Å². The van der Waals surface area contributed by atoms with Gasteiger partial charge in [0.2, 0.25) is 0 Å². The van der Waals surface area contributed by atoms with Crippen LogP contribution in [0.3, 0.4) is 0 Å². The van der Waals surface area contributed by atoms with E-state index in [1.54, 1.807) is 30.3 Å². The van der Waals surface area contributed by atoms with E-state index in [2.05, 4.69) is 5.10 Å². The fraction of sp³-hybridized carbons (Fsp3) is 0.150. The van der Waals surface area contributed by atoms with Crippen LogP contribution in [-0.4, -0.2) is 15.6 Å². The number of carbonyl (C=O) groups excluding carboxylic acids is 1. The average molecular weight is 389 g/mol. The number of ketones is 1. The summed E-state index contributed by atoms with van der Waals surface area (Å²) in [6.07, 6.45) is -0.217. The highest BCUT2D eigenvalue weighted by Gasteiger charge is 2.19. The second-order valence-corrected chi connectivity index (χ2v) is 6.54. The summed E-state index contributed by atoms with van der Waals surface area (Å²) in [5.74, 6) is -1.91. The van der Waals surface area contributed by atoms with E-state index >= 15 is 0 Å². The number of rotatable bonds is 5. The number of hydrogen-bond donors (Lipinski definition) is 0. The maximum Gasteiger partial charge on any atom is 0.267 e. The fourth-order valence-electron chi connectivity index (χ4n) is 2.70. The molecule has 0 saturated carbocycles. The normalized spacial score (nSPS) is 12.0. The summed E-state index contributed by atoms with van der Waals surface area (Å²) in [5, 5.41) is 4.78. The summed E-state index contributed by atoms with van der Waals surface area (Å²) in [4.78, 5) is 24.7. The van der Waals surface area contributed by atoms with Crippen LogP contribution >= 0.6 is 11.6 Å². The van der Waals surface area contributed by atoms with Gasteiger partial charge in [0, 0.05) is 29.1 Å². The molecule has 3 aromatic rings. The van der Waals surface area contributed by atoms with Gasteiger partial charge in [0.25, 0.3) is 5.56 Å². The second-order valence-electron chi connectivity index (χ2n) is 6.11. The molecule has 0 aliphatic heterocycles. The summed E-state index contributed by atoms with van der Waals surface area (Å²) < 4.78 is 27.7. The minimum atomic E-state index is -0.900. The molecule has 1 unspecified atom stereocenters. The Balaban J connectivity index is 1.89. The molecule has 3 rings (SSSR count). The van der Waals surface area contributed by atoms with Crippen molar-refractivity contribution >= 4 is 17.4 Å². The Bertz CT molecular complexity index is 1050. The predicted molar refractivity (Wildman–Crippen MR) is 98.7 cm³/mol. The van der Waals surface area contributed by atoms with E-state index in [0.29, 0.717) is 16.3 Å². The zero-order chi connectivity index (χ0) is 19.6. The standard InChI is InChI=1S/C20H15ClF2N2O2/c1-12(19(26)9-13-7-16(22)11-17(23)8-13)25-20(27)6-5-18(24-25)14-3-2-4-15(21)10-14/h2-8,10-12H,9H2,1H3. The van der Waals surface area contributed by atoms with E-state index in [4.69, 9.17) is 11.6 Å². The lowest BCUT2D eigenvalue weighted by Crippen LogP contribution is -2.30. The average Bonchev–Trinajstić information content (AvgIpc) is 2.60. The Morgan fingerprint density at radius 3 is 2.48 bits per heavy atom. The van der Waals surface area contributed by atoms with Crippen LogP contribution in [0.2, 0.25) is 5.02 Å². The molecule has 0 radical (unpaired) electrons. The minimum absolute atomic E-state index is 0.198. The Hall–Kier alpha value is -2.86. The molecule has 1 atom stereocenters. The van der Waals surface area contributed by atoms with Crippen LogP contribution in [0.4, 0.5) is 8.78 Å². The van der Waals surface area contributed by atoms with Gasteiger partial charge in [-0.15, -0.1) is 0 Å². The molecule has 0 bridgehead atoms. The lowest BCUT2D eigenvalue weighted by molar-refractivity contribution is -0.121. The fourth-order valence-corrected chi connectivity index (χ4v) is 2.89. The summed E-state index contributed by atoms with van der Waals surface area (Å²) in [6.45, 7) is 1.52. The number of nitrogens with zero attached hydrogens (tertiary/aromatic N) is 2. The van der Waals surface area contributed by atoms with E-state index in [9.17, 15) is 18.4 Å². The third-order valence-electron chi connectivity index (χ3n) is 4.08. The largest absolute Gasteiger partial charge is 0.297 e. The first-order valence-corrected chi connectivity index (χ1v) is 8.55. The molecule has 1 aromatic heterocycles. The Labute approximate surface area is 159 Å². The van der Waals surface area contributed by atoms with Crippen LogP contribution in [0.5, 0.6) is 0 Å². The molecule has 7 heteroatoms. The zero-order valence-corrected chi connectivity index (χ0v) is 15.1. The first-order valence-electron chi connectivity index (χ1n) is 8.17. The van der Waals surface area contributed by atoms with Gasteiger partial charge in [0.15, 0.2) is 5.78 Å². The van der Waals surface area contributed by atoms with Gasteiger partial charge in [-0.3, -0.25) is 9.59 Å². The molecule has 2 aromatic carbocycles. The number of benzene rings is 2. The summed E-state index contributed by atoms with van der Waals surface area (Å²) in [6, 6.07) is 11.8. The SMILES string of the molecule is CC(C(=O)Cc1cc(F)cc(F)c1)n1nc(-c2cccc(Cl)c2)ccc1=O. The number of aromatic nitrogens is 2. The van der Waals surface area contributed by atoms with Crippen molar-refractivity contribution in [3.8, 4) is 11.3 Å². The lowest BCUT2D eigenvalue weighted by Gasteiger charge is -2.14. The van der Waals surface area contributed by atoms with Gasteiger partial charge in [-0.2, -0.15) is 5.10 Å². The highest BCUT2D eigenvalue weighted by molar-refractivity contribution is 6.30. The highest BCUT2D eigenvalue weighted by atomic mass is 35.5. The van der Waals surface area contributed by atoms with Gasteiger partial charge in [0.05, 0.1) is 5.69 Å². The number of halogens is 3. The van der Waals surface area contributed by atoms with Crippen LogP contribution in [-0.2, 0) is 11.2 Å². The molecule has 1 heterocycles. The molecular formula is C20H15ClF2N2O2. The van der Waals surface area contributed by atoms with E-state index < -0.39 is 29.0 Å². The molecule has 0 amide bonds. The van der Waals surface area contributed by atoms with Crippen molar-refractivity contribution in [3.63, 3.8) is 0 Å². The third-order valence-corrected chi connectivity index (χ3v) is 4.31. The van der Waals surface area contributed by atoms with Crippen LogP contribution < -0.4 is 5.56 Å². The van der Waals surface area contributed by atoms with Gasteiger partial charge in [-0.1, -0.05) is 23.7 Å². The monoisotopic (exact) mass is 388 g/mol. The highest BCUT2D eigenvalue weighted by Crippen LogP contribution is 2.20. The van der Waals surface area contributed by atoms with E-state index in [-0.39, 0.29) is 12.0 Å². The van der Waals surface area contributed by atoms with Crippen LogP contribution in [0.25, 0.3) is 11.3 Å². The summed E-state index contributed by atoms with van der Waals surface area (Å²) in [7, 11) is 0. The molecule has 4 nitrogen and oxygen atoms in total.